The summed E-state index contributed by atoms with van der Waals surface area (Å²) in [6.45, 7) is 1.46. The monoisotopic (exact) mass is 231 g/mol. The number of nitrogens with zero attached hydrogens (tertiary/aromatic N) is 4. The molecule has 0 saturated carbocycles. The predicted molar refractivity (Wildman–Crippen MR) is 61.2 cm³/mol. The summed E-state index contributed by atoms with van der Waals surface area (Å²) >= 11 is 0. The van der Waals surface area contributed by atoms with E-state index in [1.165, 1.54) is 18.7 Å². The Bertz CT molecular complexity index is 454. The summed E-state index contributed by atoms with van der Waals surface area (Å²) in [5, 5.41) is 2.81. The number of carbonyl (C=O) groups is 1. The van der Waals surface area contributed by atoms with Crippen molar-refractivity contribution in [1.82, 2.24) is 24.8 Å². The zero-order valence-corrected chi connectivity index (χ0v) is 9.28. The topological polar surface area (TPSA) is 72.7 Å². The molecule has 0 aliphatic carbocycles. The van der Waals surface area contributed by atoms with E-state index in [1.807, 2.05) is 10.8 Å². The molecular formula is C11H13N5O. The van der Waals surface area contributed by atoms with Crippen molar-refractivity contribution in [3.8, 4) is 0 Å². The molecular weight excluding hydrogens is 218 g/mol. The van der Waals surface area contributed by atoms with E-state index in [2.05, 4.69) is 20.3 Å². The Morgan fingerprint density at radius 3 is 2.82 bits per heavy atom. The van der Waals surface area contributed by atoms with Gasteiger partial charge in [0.1, 0.15) is 6.33 Å². The van der Waals surface area contributed by atoms with Gasteiger partial charge in [0.25, 0.3) is 5.91 Å². The van der Waals surface area contributed by atoms with Crippen molar-refractivity contribution in [2.45, 2.75) is 13.0 Å². The molecule has 6 heteroatoms. The molecule has 2 heterocycles. The highest BCUT2D eigenvalue weighted by Gasteiger charge is 2.03. The van der Waals surface area contributed by atoms with Crippen LogP contribution in [0.15, 0.2) is 37.4 Å². The number of aromatic nitrogens is 4. The van der Waals surface area contributed by atoms with Crippen LogP contribution >= 0.6 is 0 Å². The van der Waals surface area contributed by atoms with E-state index in [-0.39, 0.29) is 5.91 Å². The van der Waals surface area contributed by atoms with E-state index in [9.17, 15) is 4.79 Å². The third-order valence-corrected chi connectivity index (χ3v) is 2.26. The molecule has 0 radical (unpaired) electrons. The molecule has 0 bridgehead atoms. The molecule has 0 fully saturated rings. The molecule has 0 atom stereocenters. The third kappa shape index (κ3) is 3.37. The Balaban J connectivity index is 1.70. The van der Waals surface area contributed by atoms with Crippen LogP contribution in [0.1, 0.15) is 16.8 Å². The van der Waals surface area contributed by atoms with Gasteiger partial charge in [-0.3, -0.25) is 4.79 Å². The highest BCUT2D eigenvalue weighted by atomic mass is 16.1. The average molecular weight is 231 g/mol. The lowest BCUT2D eigenvalue weighted by molar-refractivity contribution is 0.0952. The van der Waals surface area contributed by atoms with Crippen LogP contribution in [0.25, 0.3) is 0 Å². The Morgan fingerprint density at radius 1 is 1.29 bits per heavy atom. The molecule has 2 aromatic rings. The molecule has 0 aromatic carbocycles. The summed E-state index contributed by atoms with van der Waals surface area (Å²) in [7, 11) is 0. The number of aryl methyl sites for hydroxylation is 1. The van der Waals surface area contributed by atoms with E-state index in [0.717, 1.165) is 13.0 Å². The smallest absolute Gasteiger partial charge is 0.254 e. The van der Waals surface area contributed by atoms with Crippen LogP contribution < -0.4 is 5.32 Å². The molecule has 0 spiro atoms. The van der Waals surface area contributed by atoms with Crippen LogP contribution in [-0.4, -0.2) is 32.0 Å². The van der Waals surface area contributed by atoms with Gasteiger partial charge < -0.3 is 9.88 Å². The number of hydrogen-bond donors (Lipinski definition) is 1. The SMILES string of the molecule is O=C(NCCCn1ccnc1)c1cncnc1. The number of nitrogens with one attached hydrogen (secondary N) is 1. The van der Waals surface area contributed by atoms with Gasteiger partial charge in [0.15, 0.2) is 0 Å². The van der Waals surface area contributed by atoms with Crippen LogP contribution in [0.4, 0.5) is 0 Å². The first-order chi connectivity index (χ1) is 8.36. The Kier molecular flexibility index (Phi) is 3.80. The van der Waals surface area contributed by atoms with E-state index < -0.39 is 0 Å². The summed E-state index contributed by atoms with van der Waals surface area (Å²) in [5.41, 5.74) is 0.482. The van der Waals surface area contributed by atoms with Gasteiger partial charge >= 0.3 is 0 Å². The first-order valence-corrected chi connectivity index (χ1v) is 5.35. The summed E-state index contributed by atoms with van der Waals surface area (Å²) in [5.74, 6) is -0.142. The number of carbonyl (C=O) groups excluding carboxylic acids is 1. The second-order valence-electron chi connectivity index (χ2n) is 3.54. The predicted octanol–water partition coefficient (Wildman–Crippen LogP) is 0.493. The average Bonchev–Trinajstić information content (AvgIpc) is 2.88. The highest BCUT2D eigenvalue weighted by molar-refractivity contribution is 5.93. The fourth-order valence-electron chi connectivity index (χ4n) is 1.40. The van der Waals surface area contributed by atoms with Crippen molar-refractivity contribution in [1.29, 1.82) is 0 Å². The van der Waals surface area contributed by atoms with Gasteiger partial charge in [-0.25, -0.2) is 15.0 Å². The molecule has 17 heavy (non-hydrogen) atoms. The molecule has 1 N–H and O–H groups in total. The zero-order chi connectivity index (χ0) is 11.9. The fourth-order valence-corrected chi connectivity index (χ4v) is 1.40. The molecule has 0 unspecified atom stereocenters. The van der Waals surface area contributed by atoms with Gasteiger partial charge in [-0.05, 0) is 6.42 Å². The summed E-state index contributed by atoms with van der Waals surface area (Å²) in [4.78, 5) is 23.1. The largest absolute Gasteiger partial charge is 0.352 e. The van der Waals surface area contributed by atoms with Crippen LogP contribution in [0, 0.1) is 0 Å². The highest BCUT2D eigenvalue weighted by Crippen LogP contribution is 1.93. The van der Waals surface area contributed by atoms with E-state index in [0.29, 0.717) is 12.1 Å². The van der Waals surface area contributed by atoms with E-state index >= 15 is 0 Å². The lowest BCUT2D eigenvalue weighted by atomic mass is 10.3. The van der Waals surface area contributed by atoms with Crippen molar-refractivity contribution < 1.29 is 4.79 Å². The van der Waals surface area contributed by atoms with Crippen molar-refractivity contribution >= 4 is 5.91 Å². The molecule has 2 rings (SSSR count). The van der Waals surface area contributed by atoms with E-state index in [1.54, 1.807) is 12.5 Å². The number of rotatable bonds is 5. The maximum Gasteiger partial charge on any atom is 0.254 e. The van der Waals surface area contributed by atoms with Gasteiger partial charge in [0, 0.05) is 37.9 Å². The second-order valence-corrected chi connectivity index (χ2v) is 3.54. The van der Waals surface area contributed by atoms with Crippen LogP contribution in [0.5, 0.6) is 0 Å². The quantitative estimate of drug-likeness (QED) is 0.760. The molecule has 6 nitrogen and oxygen atoms in total. The molecule has 0 aliphatic heterocycles. The molecule has 1 amide bonds. The normalized spacial score (nSPS) is 10.1. The number of hydrogen-bond acceptors (Lipinski definition) is 4. The lowest BCUT2D eigenvalue weighted by Gasteiger charge is -2.04. The van der Waals surface area contributed by atoms with Gasteiger partial charge in [-0.2, -0.15) is 0 Å². The second kappa shape index (κ2) is 5.74. The minimum Gasteiger partial charge on any atom is -0.352 e. The Labute approximate surface area is 98.7 Å². The van der Waals surface area contributed by atoms with Gasteiger partial charge in [-0.15, -0.1) is 0 Å². The summed E-state index contributed by atoms with van der Waals surface area (Å²) in [6.07, 6.45) is 10.6. The first-order valence-electron chi connectivity index (χ1n) is 5.35. The Morgan fingerprint density at radius 2 is 2.12 bits per heavy atom. The lowest BCUT2D eigenvalue weighted by Crippen LogP contribution is -2.25. The number of imidazole rings is 1. The molecule has 0 aliphatic rings. The standard InChI is InChI=1S/C11H13N5O/c17-11(10-6-13-8-14-7-10)15-2-1-4-16-5-3-12-9-16/h3,5-9H,1-2,4H2,(H,15,17). The minimum absolute atomic E-state index is 0.142. The van der Waals surface area contributed by atoms with Gasteiger partial charge in [0.05, 0.1) is 11.9 Å². The van der Waals surface area contributed by atoms with Crippen LogP contribution in [0.3, 0.4) is 0 Å². The van der Waals surface area contributed by atoms with Crippen molar-refractivity contribution in [3.63, 3.8) is 0 Å². The van der Waals surface area contributed by atoms with Crippen molar-refractivity contribution in [2.24, 2.45) is 0 Å². The maximum atomic E-state index is 11.6. The van der Waals surface area contributed by atoms with Gasteiger partial charge in [0.2, 0.25) is 0 Å². The van der Waals surface area contributed by atoms with Gasteiger partial charge in [-0.1, -0.05) is 0 Å². The van der Waals surface area contributed by atoms with Crippen molar-refractivity contribution in [3.05, 3.63) is 43.0 Å². The minimum atomic E-state index is -0.142. The molecule has 0 saturated heterocycles. The zero-order valence-electron chi connectivity index (χ0n) is 9.28. The maximum absolute atomic E-state index is 11.6. The van der Waals surface area contributed by atoms with Crippen molar-refractivity contribution in [2.75, 3.05) is 6.54 Å². The first kappa shape index (κ1) is 11.3. The van der Waals surface area contributed by atoms with Crippen LogP contribution in [0.2, 0.25) is 0 Å². The summed E-state index contributed by atoms with van der Waals surface area (Å²) in [6, 6.07) is 0. The third-order valence-electron chi connectivity index (χ3n) is 2.26. The number of amides is 1. The Hall–Kier alpha value is -2.24. The molecule has 88 valence electrons. The molecule has 2 aromatic heterocycles. The van der Waals surface area contributed by atoms with E-state index in [4.69, 9.17) is 0 Å². The van der Waals surface area contributed by atoms with Crippen LogP contribution in [-0.2, 0) is 6.54 Å². The summed E-state index contributed by atoms with van der Waals surface area (Å²) < 4.78 is 1.97. The fraction of sp³-hybridized carbons (Fsp3) is 0.273.